The summed E-state index contributed by atoms with van der Waals surface area (Å²) < 4.78 is 2.15. The molecule has 1 saturated heterocycles. The molecule has 6 heteroatoms. The van der Waals surface area contributed by atoms with E-state index < -0.39 is 12.0 Å². The van der Waals surface area contributed by atoms with Crippen molar-refractivity contribution >= 4 is 23.4 Å². The average molecular weight is 389 g/mol. The minimum atomic E-state index is -0.839. The molecule has 0 radical (unpaired) electrons. The van der Waals surface area contributed by atoms with Crippen LogP contribution >= 0.6 is 11.6 Å². The smallest absolute Gasteiger partial charge is 0.320 e. The van der Waals surface area contributed by atoms with Gasteiger partial charge in [-0.3, -0.25) is 14.5 Å². The van der Waals surface area contributed by atoms with Gasteiger partial charge in [-0.2, -0.15) is 0 Å². The number of benzene rings is 1. The predicted octanol–water partition coefficient (Wildman–Crippen LogP) is 3.73. The molecule has 5 nitrogen and oxygen atoms in total. The number of carbonyl (C=O) groups is 2. The highest BCUT2D eigenvalue weighted by Crippen LogP contribution is 2.21. The standard InChI is InChI=1S/C21H25ClN2O3/c1-14-12-18(20(25)13-23-10-3-4-19(23)21(26)27)15(2)24(14)11-9-16-5-7-17(22)8-6-16/h5-8,12,19H,3-4,9-11,13H2,1-2H3,(H,26,27)/t19-/m1/s1. The Labute approximate surface area is 164 Å². The summed E-state index contributed by atoms with van der Waals surface area (Å²) >= 11 is 5.93. The summed E-state index contributed by atoms with van der Waals surface area (Å²) in [4.78, 5) is 25.9. The Morgan fingerprint density at radius 2 is 1.93 bits per heavy atom. The van der Waals surface area contributed by atoms with Crippen molar-refractivity contribution < 1.29 is 14.7 Å². The van der Waals surface area contributed by atoms with E-state index in [1.807, 2.05) is 44.2 Å². The van der Waals surface area contributed by atoms with E-state index in [1.165, 1.54) is 5.56 Å². The number of halogens is 1. The minimum Gasteiger partial charge on any atom is -0.480 e. The Balaban J connectivity index is 1.70. The number of aromatic nitrogens is 1. The topological polar surface area (TPSA) is 62.5 Å². The lowest BCUT2D eigenvalue weighted by atomic mass is 10.1. The van der Waals surface area contributed by atoms with Crippen LogP contribution < -0.4 is 0 Å². The summed E-state index contributed by atoms with van der Waals surface area (Å²) in [6.07, 6.45) is 2.29. The highest BCUT2D eigenvalue weighted by Gasteiger charge is 2.32. The Kier molecular flexibility index (Phi) is 6.02. The van der Waals surface area contributed by atoms with Crippen molar-refractivity contribution in [3.05, 3.63) is 57.9 Å². The Morgan fingerprint density at radius 1 is 1.22 bits per heavy atom. The fourth-order valence-electron chi connectivity index (χ4n) is 3.88. The number of carbonyl (C=O) groups excluding carboxylic acids is 1. The van der Waals surface area contributed by atoms with E-state index in [0.29, 0.717) is 18.5 Å². The third-order valence-electron chi connectivity index (χ3n) is 5.41. The van der Waals surface area contributed by atoms with Crippen LogP contribution in [0, 0.1) is 13.8 Å². The van der Waals surface area contributed by atoms with Gasteiger partial charge < -0.3 is 9.67 Å². The second-order valence-electron chi connectivity index (χ2n) is 7.20. The van der Waals surface area contributed by atoms with Crippen molar-refractivity contribution in [2.75, 3.05) is 13.1 Å². The predicted molar refractivity (Wildman–Crippen MR) is 106 cm³/mol. The van der Waals surface area contributed by atoms with Gasteiger partial charge in [0.1, 0.15) is 6.04 Å². The summed E-state index contributed by atoms with van der Waals surface area (Å²) in [5, 5.41) is 10.0. The molecule has 0 amide bonds. The van der Waals surface area contributed by atoms with E-state index in [1.54, 1.807) is 4.90 Å². The lowest BCUT2D eigenvalue weighted by Gasteiger charge is -2.20. The molecular formula is C21H25ClN2O3. The van der Waals surface area contributed by atoms with Crippen molar-refractivity contribution in [3.8, 4) is 0 Å². The largest absolute Gasteiger partial charge is 0.480 e. The zero-order valence-corrected chi connectivity index (χ0v) is 16.5. The van der Waals surface area contributed by atoms with E-state index in [0.717, 1.165) is 35.8 Å². The summed E-state index contributed by atoms with van der Waals surface area (Å²) in [7, 11) is 0. The molecule has 3 rings (SSSR count). The number of ketones is 1. The van der Waals surface area contributed by atoms with E-state index in [-0.39, 0.29) is 12.3 Å². The number of likely N-dealkylation sites (tertiary alicyclic amines) is 1. The molecular weight excluding hydrogens is 364 g/mol. The number of aryl methyl sites for hydroxylation is 2. The second kappa shape index (κ2) is 8.28. The Bertz CT molecular complexity index is 842. The maximum atomic E-state index is 12.8. The van der Waals surface area contributed by atoms with Gasteiger partial charge in [-0.05, 0) is 63.4 Å². The first-order valence-electron chi connectivity index (χ1n) is 9.28. The molecule has 1 aromatic carbocycles. The minimum absolute atomic E-state index is 0.00556. The molecule has 0 aliphatic carbocycles. The molecule has 1 N–H and O–H groups in total. The average Bonchev–Trinajstić information content (AvgIpc) is 3.19. The molecule has 144 valence electrons. The van der Waals surface area contributed by atoms with Crippen LogP contribution in [0.5, 0.6) is 0 Å². The molecule has 2 heterocycles. The monoisotopic (exact) mass is 388 g/mol. The van der Waals surface area contributed by atoms with Crippen molar-refractivity contribution in [3.63, 3.8) is 0 Å². The normalized spacial score (nSPS) is 17.4. The van der Waals surface area contributed by atoms with Crippen LogP contribution in [0.3, 0.4) is 0 Å². The third kappa shape index (κ3) is 4.42. The van der Waals surface area contributed by atoms with Crippen LogP contribution in [0.15, 0.2) is 30.3 Å². The molecule has 2 aromatic rings. The van der Waals surface area contributed by atoms with Gasteiger partial charge in [-0.25, -0.2) is 0 Å². The molecule has 0 unspecified atom stereocenters. The quantitative estimate of drug-likeness (QED) is 0.734. The zero-order valence-electron chi connectivity index (χ0n) is 15.7. The van der Waals surface area contributed by atoms with Gasteiger partial charge >= 0.3 is 5.97 Å². The van der Waals surface area contributed by atoms with Crippen LogP contribution in [0.25, 0.3) is 0 Å². The van der Waals surface area contributed by atoms with Crippen molar-refractivity contribution in [1.29, 1.82) is 0 Å². The number of aliphatic carboxylic acids is 1. The number of nitrogens with zero attached hydrogens (tertiary/aromatic N) is 2. The lowest BCUT2D eigenvalue weighted by Crippen LogP contribution is -2.39. The first-order chi connectivity index (χ1) is 12.9. The van der Waals surface area contributed by atoms with E-state index in [4.69, 9.17) is 11.6 Å². The molecule has 1 aromatic heterocycles. The summed E-state index contributed by atoms with van der Waals surface area (Å²) in [5.41, 5.74) is 3.87. The first kappa shape index (κ1) is 19.6. The number of carboxylic acid groups (broad SMARTS) is 1. The molecule has 0 saturated carbocycles. The van der Waals surface area contributed by atoms with Gasteiger partial charge in [-0.15, -0.1) is 0 Å². The number of hydrogen-bond donors (Lipinski definition) is 1. The molecule has 1 aliphatic heterocycles. The number of carboxylic acids is 1. The number of Topliss-reactive ketones (excluding diaryl/α,β-unsaturated/α-hetero) is 1. The fourth-order valence-corrected chi connectivity index (χ4v) is 4.01. The highest BCUT2D eigenvalue weighted by molar-refractivity contribution is 6.30. The summed E-state index contributed by atoms with van der Waals surface area (Å²) in [5.74, 6) is -0.845. The van der Waals surface area contributed by atoms with Gasteiger partial charge in [0.25, 0.3) is 0 Å². The second-order valence-corrected chi connectivity index (χ2v) is 7.64. The molecule has 1 aliphatic rings. The van der Waals surface area contributed by atoms with Crippen LogP contribution in [-0.2, 0) is 17.8 Å². The zero-order chi connectivity index (χ0) is 19.6. The van der Waals surface area contributed by atoms with Crippen LogP contribution in [-0.4, -0.2) is 45.5 Å². The Hall–Kier alpha value is -2.11. The van der Waals surface area contributed by atoms with Crippen molar-refractivity contribution in [1.82, 2.24) is 9.47 Å². The van der Waals surface area contributed by atoms with Gasteiger partial charge in [0.2, 0.25) is 0 Å². The van der Waals surface area contributed by atoms with E-state index in [2.05, 4.69) is 4.57 Å². The van der Waals surface area contributed by atoms with Crippen LogP contribution in [0.2, 0.25) is 5.02 Å². The van der Waals surface area contributed by atoms with Crippen molar-refractivity contribution in [2.24, 2.45) is 0 Å². The Morgan fingerprint density at radius 3 is 2.59 bits per heavy atom. The lowest BCUT2D eigenvalue weighted by molar-refractivity contribution is -0.141. The van der Waals surface area contributed by atoms with E-state index in [9.17, 15) is 14.7 Å². The maximum absolute atomic E-state index is 12.8. The van der Waals surface area contributed by atoms with Gasteiger partial charge in [0.15, 0.2) is 5.78 Å². The molecule has 1 fully saturated rings. The molecule has 0 spiro atoms. The molecule has 0 bridgehead atoms. The van der Waals surface area contributed by atoms with Crippen LogP contribution in [0.1, 0.15) is 40.2 Å². The summed E-state index contributed by atoms with van der Waals surface area (Å²) in [6.45, 7) is 5.58. The third-order valence-corrected chi connectivity index (χ3v) is 5.66. The maximum Gasteiger partial charge on any atom is 0.320 e. The van der Waals surface area contributed by atoms with E-state index >= 15 is 0 Å². The fraction of sp³-hybridized carbons (Fsp3) is 0.429. The molecule has 1 atom stereocenters. The van der Waals surface area contributed by atoms with Crippen LogP contribution in [0.4, 0.5) is 0 Å². The van der Waals surface area contributed by atoms with Gasteiger partial charge in [0, 0.05) is 28.5 Å². The SMILES string of the molecule is Cc1cc(C(=O)CN2CCC[C@@H]2C(=O)O)c(C)n1CCc1ccc(Cl)cc1. The van der Waals surface area contributed by atoms with Gasteiger partial charge in [0.05, 0.1) is 6.54 Å². The highest BCUT2D eigenvalue weighted by atomic mass is 35.5. The number of hydrogen-bond acceptors (Lipinski definition) is 3. The first-order valence-corrected chi connectivity index (χ1v) is 9.66. The number of rotatable bonds is 7. The molecule has 27 heavy (non-hydrogen) atoms. The van der Waals surface area contributed by atoms with Gasteiger partial charge in [-0.1, -0.05) is 23.7 Å². The van der Waals surface area contributed by atoms with Crippen molar-refractivity contribution in [2.45, 2.75) is 45.7 Å². The summed E-state index contributed by atoms with van der Waals surface area (Å²) in [6, 6.07) is 9.18.